The van der Waals surface area contributed by atoms with Gasteiger partial charge >= 0.3 is 0 Å². The maximum Gasteiger partial charge on any atom is 0.254 e. The van der Waals surface area contributed by atoms with Crippen LogP contribution in [-0.4, -0.2) is 43.6 Å². The SMILES string of the molecule is CCCCCCOc1ccc(C(=O)N2CC[NH+](c3cc(Cl)ccc3C)CC2)cc1. The minimum Gasteiger partial charge on any atom is -0.494 e. The third-order valence-electron chi connectivity index (χ3n) is 5.60. The van der Waals surface area contributed by atoms with Gasteiger partial charge in [0.1, 0.15) is 11.4 Å². The van der Waals surface area contributed by atoms with Crippen LogP contribution in [0.25, 0.3) is 0 Å². The van der Waals surface area contributed by atoms with Crippen molar-refractivity contribution in [1.29, 1.82) is 0 Å². The molecule has 1 fully saturated rings. The van der Waals surface area contributed by atoms with Gasteiger partial charge in [0.05, 0.1) is 32.8 Å². The molecule has 1 saturated heterocycles. The van der Waals surface area contributed by atoms with E-state index in [2.05, 4.69) is 19.9 Å². The molecule has 4 nitrogen and oxygen atoms in total. The maximum atomic E-state index is 12.9. The highest BCUT2D eigenvalue weighted by Crippen LogP contribution is 2.18. The Morgan fingerprint density at radius 2 is 1.79 bits per heavy atom. The summed E-state index contributed by atoms with van der Waals surface area (Å²) < 4.78 is 5.78. The highest BCUT2D eigenvalue weighted by atomic mass is 35.5. The van der Waals surface area contributed by atoms with Crippen LogP contribution < -0.4 is 9.64 Å². The van der Waals surface area contributed by atoms with Gasteiger partial charge in [0, 0.05) is 22.2 Å². The van der Waals surface area contributed by atoms with Crippen LogP contribution in [0.2, 0.25) is 5.02 Å². The highest BCUT2D eigenvalue weighted by Gasteiger charge is 2.26. The topological polar surface area (TPSA) is 34.0 Å². The Labute approximate surface area is 179 Å². The fourth-order valence-electron chi connectivity index (χ4n) is 3.82. The quantitative estimate of drug-likeness (QED) is 0.653. The molecule has 0 bridgehead atoms. The van der Waals surface area contributed by atoms with Gasteiger partial charge in [-0.1, -0.05) is 43.9 Å². The number of nitrogens with one attached hydrogen (secondary N) is 1. The van der Waals surface area contributed by atoms with Crippen LogP contribution in [0.3, 0.4) is 0 Å². The van der Waals surface area contributed by atoms with Gasteiger partial charge in [0.2, 0.25) is 0 Å². The fraction of sp³-hybridized carbons (Fsp3) is 0.458. The molecule has 1 aliphatic rings. The molecule has 29 heavy (non-hydrogen) atoms. The molecular formula is C24H32ClN2O2+. The smallest absolute Gasteiger partial charge is 0.254 e. The van der Waals surface area contributed by atoms with Crippen LogP contribution in [-0.2, 0) is 0 Å². The molecule has 5 heteroatoms. The molecule has 1 N–H and O–H groups in total. The first kappa shape index (κ1) is 21.7. The lowest BCUT2D eigenvalue weighted by Gasteiger charge is -2.32. The van der Waals surface area contributed by atoms with Gasteiger partial charge in [0.25, 0.3) is 5.91 Å². The number of piperazine rings is 1. The van der Waals surface area contributed by atoms with E-state index in [0.29, 0.717) is 0 Å². The predicted octanol–water partition coefficient (Wildman–Crippen LogP) is 4.28. The number of ether oxygens (including phenoxy) is 1. The van der Waals surface area contributed by atoms with E-state index in [-0.39, 0.29) is 5.91 Å². The predicted molar refractivity (Wildman–Crippen MR) is 119 cm³/mol. The lowest BCUT2D eigenvalue weighted by Crippen LogP contribution is -3.10. The van der Waals surface area contributed by atoms with Crippen LogP contribution in [0.5, 0.6) is 5.75 Å². The Balaban J connectivity index is 1.50. The number of rotatable bonds is 8. The maximum absolute atomic E-state index is 12.9. The minimum absolute atomic E-state index is 0.0985. The van der Waals surface area contributed by atoms with Crippen LogP contribution in [0.4, 0.5) is 5.69 Å². The lowest BCUT2D eigenvalue weighted by atomic mass is 10.1. The first-order valence-corrected chi connectivity index (χ1v) is 11.1. The zero-order chi connectivity index (χ0) is 20.6. The Kier molecular flexibility index (Phi) is 7.96. The van der Waals surface area contributed by atoms with E-state index in [9.17, 15) is 4.79 Å². The molecule has 1 aliphatic heterocycles. The summed E-state index contributed by atoms with van der Waals surface area (Å²) in [6.45, 7) is 8.34. The number of benzene rings is 2. The molecule has 156 valence electrons. The van der Waals surface area contributed by atoms with Crippen molar-refractivity contribution >= 4 is 23.2 Å². The third kappa shape index (κ3) is 5.97. The minimum atomic E-state index is 0.0985. The lowest BCUT2D eigenvalue weighted by molar-refractivity contribution is -0.837. The molecule has 0 unspecified atom stereocenters. The molecule has 0 aliphatic carbocycles. The van der Waals surface area contributed by atoms with Gasteiger partial charge in [-0.25, -0.2) is 0 Å². The average molecular weight is 416 g/mol. The molecule has 0 spiro atoms. The number of hydrogen-bond acceptors (Lipinski definition) is 2. The molecule has 0 atom stereocenters. The summed E-state index contributed by atoms with van der Waals surface area (Å²) in [5.74, 6) is 0.935. The number of quaternary nitrogens is 1. The summed E-state index contributed by atoms with van der Waals surface area (Å²) in [4.78, 5) is 16.2. The van der Waals surface area contributed by atoms with Gasteiger partial charge in [-0.2, -0.15) is 0 Å². The molecule has 0 aromatic heterocycles. The summed E-state index contributed by atoms with van der Waals surface area (Å²) in [6.07, 6.45) is 4.76. The zero-order valence-electron chi connectivity index (χ0n) is 17.5. The summed E-state index contributed by atoms with van der Waals surface area (Å²) in [7, 11) is 0. The second kappa shape index (κ2) is 10.7. The van der Waals surface area contributed by atoms with E-state index in [1.165, 1.54) is 35.4 Å². The summed E-state index contributed by atoms with van der Waals surface area (Å²) in [5.41, 5.74) is 3.21. The Morgan fingerprint density at radius 3 is 2.48 bits per heavy atom. The number of carbonyl (C=O) groups excluding carboxylic acids is 1. The number of carbonyl (C=O) groups is 1. The fourth-order valence-corrected chi connectivity index (χ4v) is 3.99. The van der Waals surface area contributed by atoms with Crippen molar-refractivity contribution in [2.45, 2.75) is 39.5 Å². The Bertz CT molecular complexity index is 799. The largest absolute Gasteiger partial charge is 0.494 e. The highest BCUT2D eigenvalue weighted by molar-refractivity contribution is 6.30. The van der Waals surface area contributed by atoms with Crippen molar-refractivity contribution < 1.29 is 14.4 Å². The first-order valence-electron chi connectivity index (χ1n) is 10.7. The van der Waals surface area contributed by atoms with Gasteiger partial charge in [-0.3, -0.25) is 9.69 Å². The Morgan fingerprint density at radius 1 is 1.07 bits per heavy atom. The van der Waals surface area contributed by atoms with E-state index >= 15 is 0 Å². The van der Waals surface area contributed by atoms with Crippen molar-refractivity contribution in [3.8, 4) is 5.75 Å². The van der Waals surface area contributed by atoms with Gasteiger partial charge in [0.15, 0.2) is 0 Å². The monoisotopic (exact) mass is 415 g/mol. The van der Waals surface area contributed by atoms with Crippen molar-refractivity contribution in [2.75, 3.05) is 32.8 Å². The molecule has 0 radical (unpaired) electrons. The number of halogens is 1. The van der Waals surface area contributed by atoms with Crippen molar-refractivity contribution in [3.63, 3.8) is 0 Å². The van der Waals surface area contributed by atoms with Gasteiger partial charge in [-0.15, -0.1) is 0 Å². The van der Waals surface area contributed by atoms with Crippen LogP contribution >= 0.6 is 11.6 Å². The molecule has 3 rings (SSSR count). The standard InChI is InChI=1S/C24H31ClN2O2/c1-3-4-5-6-17-29-22-11-8-20(9-12-22)24(28)27-15-13-26(14-16-27)23-18-21(25)10-7-19(23)2/h7-12,18H,3-6,13-17H2,1-2H3/p+1. The van der Waals surface area contributed by atoms with Crippen LogP contribution in [0, 0.1) is 6.92 Å². The van der Waals surface area contributed by atoms with Crippen molar-refractivity contribution in [3.05, 3.63) is 58.6 Å². The molecule has 2 aromatic carbocycles. The van der Waals surface area contributed by atoms with E-state index in [0.717, 1.165) is 55.5 Å². The van der Waals surface area contributed by atoms with Gasteiger partial charge < -0.3 is 9.64 Å². The molecule has 2 aromatic rings. The van der Waals surface area contributed by atoms with E-state index in [1.54, 1.807) is 0 Å². The van der Waals surface area contributed by atoms with Crippen LogP contribution in [0.15, 0.2) is 42.5 Å². The van der Waals surface area contributed by atoms with Crippen LogP contribution in [0.1, 0.15) is 48.5 Å². The molecule has 1 heterocycles. The van der Waals surface area contributed by atoms with Crippen molar-refractivity contribution in [1.82, 2.24) is 4.90 Å². The molecule has 1 amide bonds. The van der Waals surface area contributed by atoms with E-state index in [1.807, 2.05) is 41.3 Å². The summed E-state index contributed by atoms with van der Waals surface area (Å²) >= 11 is 6.17. The van der Waals surface area contributed by atoms with E-state index in [4.69, 9.17) is 16.3 Å². The molecular weight excluding hydrogens is 384 g/mol. The number of nitrogens with zero attached hydrogens (tertiary/aromatic N) is 1. The van der Waals surface area contributed by atoms with E-state index < -0.39 is 0 Å². The third-order valence-corrected chi connectivity index (χ3v) is 5.84. The first-order chi connectivity index (χ1) is 14.1. The number of aryl methyl sites for hydroxylation is 1. The second-order valence-corrected chi connectivity index (χ2v) is 8.22. The molecule has 0 saturated carbocycles. The normalized spacial score (nSPS) is 14.8. The number of unbranched alkanes of at least 4 members (excludes halogenated alkanes) is 3. The number of hydrogen-bond donors (Lipinski definition) is 1. The average Bonchev–Trinajstić information content (AvgIpc) is 2.75. The number of amides is 1. The van der Waals surface area contributed by atoms with Gasteiger partial charge in [-0.05, 0) is 43.7 Å². The summed E-state index contributed by atoms with van der Waals surface area (Å²) in [5, 5.41) is 0.768. The second-order valence-electron chi connectivity index (χ2n) is 7.79. The van der Waals surface area contributed by atoms with Crippen molar-refractivity contribution in [2.24, 2.45) is 0 Å². The summed E-state index contributed by atoms with van der Waals surface area (Å²) in [6, 6.07) is 13.6. The Hall–Kier alpha value is -2.04. The zero-order valence-corrected chi connectivity index (χ0v) is 18.3.